The van der Waals surface area contributed by atoms with E-state index in [1.807, 2.05) is 0 Å². The summed E-state index contributed by atoms with van der Waals surface area (Å²) in [7, 11) is -1.44. The third-order valence-corrected chi connectivity index (χ3v) is 5.05. The number of hydrogen-bond donors (Lipinski definition) is 0. The SMILES string of the molecule is COC(=O)c1ccc(C(=O)N(c2c(C)nn(C)c2C)S(C)(=O)=O)cc1[N+](=O)[O-]. The van der Waals surface area contributed by atoms with E-state index >= 15 is 0 Å². The molecule has 0 saturated carbocycles. The number of carbonyl (C=O) groups is 2. The number of esters is 1. The number of anilines is 1. The lowest BCUT2D eigenvalue weighted by Crippen LogP contribution is -2.37. The van der Waals surface area contributed by atoms with Gasteiger partial charge in [0.1, 0.15) is 11.3 Å². The van der Waals surface area contributed by atoms with E-state index in [2.05, 4.69) is 9.84 Å². The molecule has 0 fully saturated rings. The molecule has 1 aromatic carbocycles. The summed E-state index contributed by atoms with van der Waals surface area (Å²) < 4.78 is 31.2. The Hall–Kier alpha value is -3.28. The van der Waals surface area contributed by atoms with Crippen LogP contribution >= 0.6 is 0 Å². The molecular weight excluding hydrogens is 392 g/mol. The fourth-order valence-electron chi connectivity index (χ4n) is 2.69. The summed E-state index contributed by atoms with van der Waals surface area (Å²) in [6, 6.07) is 3.01. The zero-order valence-electron chi connectivity index (χ0n) is 15.8. The Morgan fingerprint density at radius 3 is 2.32 bits per heavy atom. The third kappa shape index (κ3) is 3.71. The lowest BCUT2D eigenvalue weighted by molar-refractivity contribution is -0.385. The number of hydrogen-bond acceptors (Lipinski definition) is 8. The van der Waals surface area contributed by atoms with Crippen LogP contribution in [0.15, 0.2) is 18.2 Å². The number of sulfonamides is 1. The second-order valence-corrected chi connectivity index (χ2v) is 7.79. The van der Waals surface area contributed by atoms with Crippen molar-refractivity contribution in [2.24, 2.45) is 7.05 Å². The smallest absolute Gasteiger partial charge is 0.344 e. The molecule has 1 amide bonds. The maximum atomic E-state index is 13.0. The Morgan fingerprint density at radius 2 is 1.89 bits per heavy atom. The molecule has 0 aliphatic carbocycles. The molecular formula is C16H18N4O7S. The topological polar surface area (TPSA) is 142 Å². The van der Waals surface area contributed by atoms with Crippen molar-refractivity contribution in [2.75, 3.05) is 17.7 Å². The minimum absolute atomic E-state index is 0.0645. The van der Waals surface area contributed by atoms with Crippen LogP contribution in [0.2, 0.25) is 0 Å². The zero-order chi connectivity index (χ0) is 21.4. The second kappa shape index (κ2) is 7.38. The summed E-state index contributed by atoms with van der Waals surface area (Å²) in [6.45, 7) is 3.13. The van der Waals surface area contributed by atoms with Gasteiger partial charge in [-0.05, 0) is 26.0 Å². The molecule has 2 rings (SSSR count). The van der Waals surface area contributed by atoms with Gasteiger partial charge in [-0.3, -0.25) is 19.6 Å². The Balaban J connectivity index is 2.68. The van der Waals surface area contributed by atoms with Crippen LogP contribution in [0.5, 0.6) is 0 Å². The Kier molecular flexibility index (Phi) is 5.54. The molecule has 0 aliphatic rings. The third-order valence-electron chi connectivity index (χ3n) is 4.04. The largest absolute Gasteiger partial charge is 0.465 e. The predicted octanol–water partition coefficient (Wildman–Crippen LogP) is 1.34. The number of rotatable bonds is 5. The fraction of sp³-hybridized carbons (Fsp3) is 0.312. The minimum atomic E-state index is -4.09. The molecule has 0 bridgehead atoms. The fourth-order valence-corrected chi connectivity index (χ4v) is 3.69. The van der Waals surface area contributed by atoms with Gasteiger partial charge in [-0.1, -0.05) is 0 Å². The summed E-state index contributed by atoms with van der Waals surface area (Å²) in [5, 5.41) is 15.4. The van der Waals surface area contributed by atoms with Crippen molar-refractivity contribution in [1.82, 2.24) is 9.78 Å². The van der Waals surface area contributed by atoms with Gasteiger partial charge in [-0.2, -0.15) is 9.40 Å². The van der Waals surface area contributed by atoms with E-state index in [9.17, 15) is 28.1 Å². The van der Waals surface area contributed by atoms with Crippen LogP contribution in [-0.4, -0.2) is 48.4 Å². The van der Waals surface area contributed by atoms with Crippen molar-refractivity contribution in [2.45, 2.75) is 13.8 Å². The second-order valence-electron chi connectivity index (χ2n) is 5.96. The Bertz CT molecular complexity index is 1090. The van der Waals surface area contributed by atoms with E-state index in [1.54, 1.807) is 14.0 Å². The van der Waals surface area contributed by atoms with E-state index in [0.29, 0.717) is 15.7 Å². The molecule has 0 spiro atoms. The number of nitrogens with zero attached hydrogens (tertiary/aromatic N) is 4. The number of amides is 1. The van der Waals surface area contributed by atoms with Gasteiger partial charge in [-0.25, -0.2) is 13.2 Å². The number of benzene rings is 1. The van der Waals surface area contributed by atoms with Gasteiger partial charge in [0.05, 0.1) is 29.7 Å². The van der Waals surface area contributed by atoms with Gasteiger partial charge < -0.3 is 4.74 Å². The first-order valence-electron chi connectivity index (χ1n) is 7.81. The first-order chi connectivity index (χ1) is 12.9. The molecule has 12 heteroatoms. The quantitative estimate of drug-likeness (QED) is 0.408. The van der Waals surface area contributed by atoms with Gasteiger partial charge in [0.2, 0.25) is 10.0 Å². The lowest BCUT2D eigenvalue weighted by atomic mass is 10.1. The summed E-state index contributed by atoms with van der Waals surface area (Å²) in [4.78, 5) is 35.2. The molecule has 0 N–H and O–H groups in total. The number of nitro benzene ring substituents is 1. The number of carbonyl (C=O) groups excluding carboxylic acids is 2. The van der Waals surface area contributed by atoms with Crippen LogP contribution in [0.4, 0.5) is 11.4 Å². The van der Waals surface area contributed by atoms with Crippen LogP contribution in [0.1, 0.15) is 32.1 Å². The van der Waals surface area contributed by atoms with Crippen LogP contribution in [0.25, 0.3) is 0 Å². The molecule has 2 aromatic rings. The molecule has 0 atom stereocenters. The maximum Gasteiger partial charge on any atom is 0.344 e. The van der Waals surface area contributed by atoms with E-state index < -0.39 is 32.5 Å². The van der Waals surface area contributed by atoms with Crippen LogP contribution < -0.4 is 4.31 Å². The van der Waals surface area contributed by atoms with Crippen molar-refractivity contribution in [3.8, 4) is 0 Å². The standard InChI is InChI=1S/C16H18N4O7S/c1-9-14(10(2)18(3)17-9)19(28(5,25)26)15(21)11-6-7-12(16(22)27-4)13(8-11)20(23)24/h6-8H,1-5H3. The van der Waals surface area contributed by atoms with E-state index in [1.165, 1.54) is 11.6 Å². The van der Waals surface area contributed by atoms with E-state index in [4.69, 9.17) is 0 Å². The predicted molar refractivity (Wildman–Crippen MR) is 98.8 cm³/mol. The molecule has 1 aromatic heterocycles. The highest BCUT2D eigenvalue weighted by molar-refractivity contribution is 7.92. The van der Waals surface area contributed by atoms with E-state index in [-0.39, 0.29) is 16.8 Å². The average Bonchev–Trinajstić information content (AvgIpc) is 2.85. The van der Waals surface area contributed by atoms with Gasteiger partial charge in [0.15, 0.2) is 0 Å². The molecule has 28 heavy (non-hydrogen) atoms. The summed E-state index contributed by atoms with van der Waals surface area (Å²) in [6.07, 6.45) is 0.841. The molecule has 11 nitrogen and oxygen atoms in total. The van der Waals surface area contributed by atoms with Gasteiger partial charge in [0.25, 0.3) is 11.6 Å². The van der Waals surface area contributed by atoms with Crippen molar-refractivity contribution >= 4 is 33.3 Å². The van der Waals surface area contributed by atoms with Crippen LogP contribution in [-0.2, 0) is 21.8 Å². The lowest BCUT2D eigenvalue weighted by Gasteiger charge is -2.21. The monoisotopic (exact) mass is 410 g/mol. The number of aromatic nitrogens is 2. The summed E-state index contributed by atoms with van der Waals surface area (Å²) >= 11 is 0. The van der Waals surface area contributed by atoms with Gasteiger partial charge >= 0.3 is 5.97 Å². The highest BCUT2D eigenvalue weighted by Gasteiger charge is 2.33. The number of nitro groups is 1. The van der Waals surface area contributed by atoms with Crippen molar-refractivity contribution in [1.29, 1.82) is 0 Å². The highest BCUT2D eigenvalue weighted by atomic mass is 32.2. The number of methoxy groups -OCH3 is 1. The van der Waals surface area contributed by atoms with Gasteiger partial charge in [0, 0.05) is 18.7 Å². The van der Waals surface area contributed by atoms with Gasteiger partial charge in [-0.15, -0.1) is 0 Å². The maximum absolute atomic E-state index is 13.0. The Morgan fingerprint density at radius 1 is 1.29 bits per heavy atom. The summed E-state index contributed by atoms with van der Waals surface area (Å²) in [5.41, 5.74) is -0.548. The molecule has 1 heterocycles. The zero-order valence-corrected chi connectivity index (χ0v) is 16.6. The average molecular weight is 410 g/mol. The van der Waals surface area contributed by atoms with Crippen LogP contribution in [0.3, 0.4) is 0 Å². The number of ether oxygens (including phenoxy) is 1. The Labute approximate surface area is 160 Å². The molecule has 150 valence electrons. The summed E-state index contributed by atoms with van der Waals surface area (Å²) in [5.74, 6) is -1.97. The molecule has 0 aliphatic heterocycles. The normalized spacial score (nSPS) is 11.2. The van der Waals surface area contributed by atoms with Crippen molar-refractivity contribution in [3.63, 3.8) is 0 Å². The number of aryl methyl sites for hydroxylation is 2. The highest BCUT2D eigenvalue weighted by Crippen LogP contribution is 2.29. The molecule has 0 radical (unpaired) electrons. The minimum Gasteiger partial charge on any atom is -0.465 e. The first-order valence-corrected chi connectivity index (χ1v) is 9.66. The van der Waals surface area contributed by atoms with Crippen molar-refractivity contribution in [3.05, 3.63) is 50.8 Å². The van der Waals surface area contributed by atoms with E-state index in [0.717, 1.165) is 31.6 Å². The molecule has 0 unspecified atom stereocenters. The first kappa shape index (κ1) is 21.0. The van der Waals surface area contributed by atoms with Crippen LogP contribution in [0, 0.1) is 24.0 Å². The van der Waals surface area contributed by atoms with Crippen molar-refractivity contribution < 1.29 is 27.7 Å². The molecule has 0 saturated heterocycles.